The lowest BCUT2D eigenvalue weighted by Crippen LogP contribution is -2.24. The van der Waals surface area contributed by atoms with Gasteiger partial charge in [0, 0.05) is 5.69 Å². The summed E-state index contributed by atoms with van der Waals surface area (Å²) in [5.74, 6) is 0.197. The summed E-state index contributed by atoms with van der Waals surface area (Å²) in [5.41, 5.74) is 7.69. The number of phenolic OH excluding ortho intramolecular Hbond substituents is 1. The number of aromatic nitrogens is 2. The molecule has 0 amide bonds. The number of nitrogens with zero attached hydrogens (tertiary/aromatic N) is 2. The van der Waals surface area contributed by atoms with Crippen LogP contribution in [0.1, 0.15) is 18.5 Å². The van der Waals surface area contributed by atoms with Gasteiger partial charge in [0.15, 0.2) is 0 Å². The Morgan fingerprint density at radius 2 is 1.90 bits per heavy atom. The molecule has 5 nitrogen and oxygen atoms in total. The van der Waals surface area contributed by atoms with E-state index in [-0.39, 0.29) is 17.4 Å². The monoisotopic (exact) mass is 281 g/mol. The summed E-state index contributed by atoms with van der Waals surface area (Å²) in [6.07, 6.45) is 1.54. The Labute approximate surface area is 121 Å². The number of hydrogen-bond donors (Lipinski definition) is 2. The van der Waals surface area contributed by atoms with Gasteiger partial charge in [0.25, 0.3) is 5.56 Å². The molecule has 0 aliphatic heterocycles. The van der Waals surface area contributed by atoms with E-state index in [4.69, 9.17) is 5.73 Å². The molecule has 1 unspecified atom stereocenters. The van der Waals surface area contributed by atoms with Gasteiger partial charge in [-0.3, -0.25) is 9.36 Å². The Kier molecular flexibility index (Phi) is 3.10. The standard InChI is InChI=1S/C16H15N3O2/c1-10(11-2-5-13(20)6-3-11)19-9-18-15-7-4-12(17)8-14(15)16(19)21/h2-10,20H,17H2,1H3. The van der Waals surface area contributed by atoms with Gasteiger partial charge in [-0.05, 0) is 42.8 Å². The highest BCUT2D eigenvalue weighted by Crippen LogP contribution is 2.20. The number of benzene rings is 2. The third kappa shape index (κ3) is 2.33. The number of nitrogens with two attached hydrogens (primary N) is 1. The van der Waals surface area contributed by atoms with Crippen molar-refractivity contribution in [2.45, 2.75) is 13.0 Å². The van der Waals surface area contributed by atoms with E-state index < -0.39 is 0 Å². The van der Waals surface area contributed by atoms with Gasteiger partial charge in [0.2, 0.25) is 0 Å². The molecule has 106 valence electrons. The van der Waals surface area contributed by atoms with Gasteiger partial charge in [-0.1, -0.05) is 12.1 Å². The highest BCUT2D eigenvalue weighted by molar-refractivity contribution is 5.80. The third-order valence-corrected chi connectivity index (χ3v) is 3.60. The summed E-state index contributed by atoms with van der Waals surface area (Å²) in [6.45, 7) is 1.91. The number of fused-ring (bicyclic) bond motifs is 1. The molecule has 3 N–H and O–H groups in total. The van der Waals surface area contributed by atoms with E-state index in [0.29, 0.717) is 16.6 Å². The van der Waals surface area contributed by atoms with E-state index in [1.54, 1.807) is 53.4 Å². The molecule has 3 rings (SSSR count). The Morgan fingerprint density at radius 1 is 1.19 bits per heavy atom. The summed E-state index contributed by atoms with van der Waals surface area (Å²) >= 11 is 0. The van der Waals surface area contributed by atoms with Crippen molar-refractivity contribution in [2.24, 2.45) is 0 Å². The summed E-state index contributed by atoms with van der Waals surface area (Å²) in [4.78, 5) is 16.9. The maximum absolute atomic E-state index is 12.6. The summed E-state index contributed by atoms with van der Waals surface area (Å²) < 4.78 is 1.56. The zero-order valence-electron chi connectivity index (χ0n) is 11.5. The molecular weight excluding hydrogens is 266 g/mol. The number of phenols is 1. The Bertz CT molecular complexity index is 854. The van der Waals surface area contributed by atoms with Gasteiger partial charge in [0.1, 0.15) is 5.75 Å². The molecule has 1 heterocycles. The Morgan fingerprint density at radius 3 is 2.62 bits per heavy atom. The molecule has 0 saturated heterocycles. The van der Waals surface area contributed by atoms with Crippen molar-refractivity contribution >= 4 is 16.6 Å². The van der Waals surface area contributed by atoms with E-state index in [9.17, 15) is 9.90 Å². The first-order chi connectivity index (χ1) is 10.1. The molecular formula is C16H15N3O2. The molecule has 0 spiro atoms. The van der Waals surface area contributed by atoms with E-state index in [0.717, 1.165) is 5.56 Å². The van der Waals surface area contributed by atoms with Gasteiger partial charge in [0.05, 0.1) is 23.3 Å². The minimum Gasteiger partial charge on any atom is -0.508 e. The second-order valence-electron chi connectivity index (χ2n) is 5.00. The summed E-state index contributed by atoms with van der Waals surface area (Å²) in [7, 11) is 0. The number of hydrogen-bond acceptors (Lipinski definition) is 4. The smallest absolute Gasteiger partial charge is 0.261 e. The van der Waals surface area contributed by atoms with Crippen molar-refractivity contribution < 1.29 is 5.11 Å². The predicted molar refractivity (Wildman–Crippen MR) is 82.3 cm³/mol. The van der Waals surface area contributed by atoms with Gasteiger partial charge >= 0.3 is 0 Å². The molecule has 3 aromatic rings. The second kappa shape index (κ2) is 4.94. The van der Waals surface area contributed by atoms with E-state index in [1.165, 1.54) is 0 Å². The quantitative estimate of drug-likeness (QED) is 0.706. The molecule has 5 heteroatoms. The maximum Gasteiger partial charge on any atom is 0.261 e. The first kappa shape index (κ1) is 13.2. The minimum atomic E-state index is -0.184. The van der Waals surface area contributed by atoms with Crippen molar-refractivity contribution in [1.29, 1.82) is 0 Å². The largest absolute Gasteiger partial charge is 0.508 e. The molecule has 0 bridgehead atoms. The Hall–Kier alpha value is -2.82. The van der Waals surface area contributed by atoms with Crippen LogP contribution in [-0.2, 0) is 0 Å². The third-order valence-electron chi connectivity index (χ3n) is 3.60. The van der Waals surface area contributed by atoms with E-state index in [1.807, 2.05) is 6.92 Å². The fourth-order valence-corrected chi connectivity index (χ4v) is 2.34. The molecule has 1 atom stereocenters. The number of anilines is 1. The average molecular weight is 281 g/mol. The van der Waals surface area contributed by atoms with Crippen molar-refractivity contribution in [3.05, 3.63) is 64.7 Å². The zero-order valence-corrected chi connectivity index (χ0v) is 11.5. The second-order valence-corrected chi connectivity index (χ2v) is 5.00. The van der Waals surface area contributed by atoms with Gasteiger partial charge < -0.3 is 10.8 Å². The zero-order chi connectivity index (χ0) is 15.0. The van der Waals surface area contributed by atoms with Crippen LogP contribution in [0.15, 0.2) is 53.6 Å². The lowest BCUT2D eigenvalue weighted by atomic mass is 10.1. The fourth-order valence-electron chi connectivity index (χ4n) is 2.34. The first-order valence-corrected chi connectivity index (χ1v) is 6.61. The van der Waals surface area contributed by atoms with Crippen molar-refractivity contribution in [3.63, 3.8) is 0 Å². The number of aromatic hydroxyl groups is 1. The van der Waals surface area contributed by atoms with Crippen LogP contribution in [0.25, 0.3) is 10.9 Å². The SMILES string of the molecule is CC(c1ccc(O)cc1)n1cnc2ccc(N)cc2c1=O. The van der Waals surface area contributed by atoms with E-state index >= 15 is 0 Å². The van der Waals surface area contributed by atoms with Gasteiger partial charge in [-0.15, -0.1) is 0 Å². The molecule has 0 aliphatic carbocycles. The van der Waals surface area contributed by atoms with Crippen LogP contribution in [0.3, 0.4) is 0 Å². The average Bonchev–Trinajstić information content (AvgIpc) is 2.48. The van der Waals surface area contributed by atoms with Gasteiger partial charge in [-0.25, -0.2) is 4.98 Å². The fraction of sp³-hybridized carbons (Fsp3) is 0.125. The van der Waals surface area contributed by atoms with Crippen LogP contribution in [0.2, 0.25) is 0 Å². The number of rotatable bonds is 2. The first-order valence-electron chi connectivity index (χ1n) is 6.61. The highest BCUT2D eigenvalue weighted by atomic mass is 16.3. The van der Waals surface area contributed by atoms with Crippen molar-refractivity contribution in [2.75, 3.05) is 5.73 Å². The van der Waals surface area contributed by atoms with Crippen molar-refractivity contribution in [1.82, 2.24) is 9.55 Å². The van der Waals surface area contributed by atoms with Crippen molar-refractivity contribution in [3.8, 4) is 5.75 Å². The summed E-state index contributed by atoms with van der Waals surface area (Å²) in [5, 5.41) is 9.84. The maximum atomic E-state index is 12.6. The molecule has 2 aromatic carbocycles. The van der Waals surface area contributed by atoms with Crippen LogP contribution >= 0.6 is 0 Å². The van der Waals surface area contributed by atoms with Gasteiger partial charge in [-0.2, -0.15) is 0 Å². The molecule has 0 aliphatic rings. The molecule has 1 aromatic heterocycles. The molecule has 0 fully saturated rings. The van der Waals surface area contributed by atoms with Crippen LogP contribution in [-0.4, -0.2) is 14.7 Å². The van der Waals surface area contributed by atoms with Crippen LogP contribution < -0.4 is 11.3 Å². The van der Waals surface area contributed by atoms with Crippen LogP contribution in [0.4, 0.5) is 5.69 Å². The molecule has 21 heavy (non-hydrogen) atoms. The Balaban J connectivity index is 2.14. The number of nitrogen functional groups attached to an aromatic ring is 1. The lowest BCUT2D eigenvalue weighted by molar-refractivity contribution is 0.474. The lowest BCUT2D eigenvalue weighted by Gasteiger charge is -2.15. The topological polar surface area (TPSA) is 81.1 Å². The molecule has 0 saturated carbocycles. The summed E-state index contributed by atoms with van der Waals surface area (Å²) in [6, 6.07) is 11.7. The van der Waals surface area contributed by atoms with Crippen LogP contribution in [0.5, 0.6) is 5.75 Å². The molecule has 0 radical (unpaired) electrons. The normalized spacial score (nSPS) is 12.4. The minimum absolute atomic E-state index is 0.132. The van der Waals surface area contributed by atoms with Crippen LogP contribution in [0, 0.1) is 0 Å². The highest BCUT2D eigenvalue weighted by Gasteiger charge is 2.12. The van der Waals surface area contributed by atoms with E-state index in [2.05, 4.69) is 4.98 Å². The predicted octanol–water partition coefficient (Wildman–Crippen LogP) is 2.29.